The molecule has 0 radical (unpaired) electrons. The number of H-pyrrole nitrogens is 1. The van der Waals surface area contributed by atoms with Crippen molar-refractivity contribution in [2.24, 2.45) is 11.1 Å². The fourth-order valence-electron chi connectivity index (χ4n) is 12.1. The summed E-state index contributed by atoms with van der Waals surface area (Å²) >= 11 is 0. The Hall–Kier alpha value is -6.80. The van der Waals surface area contributed by atoms with Crippen molar-refractivity contribution in [3.8, 4) is 11.6 Å². The summed E-state index contributed by atoms with van der Waals surface area (Å²) in [7, 11) is -4.79. The molecule has 1 spiro atoms. The second kappa shape index (κ2) is 17.8. The lowest BCUT2D eigenvalue weighted by atomic mass is 9.59. The summed E-state index contributed by atoms with van der Waals surface area (Å²) in [6.07, 6.45) is 7.34. The molecule has 18 nitrogen and oxygen atoms in total. The third kappa shape index (κ3) is 7.98. The summed E-state index contributed by atoms with van der Waals surface area (Å²) in [6, 6.07) is 23.2. The molecule has 0 bridgehead atoms. The molecular weight excluding hydrogens is 927 g/mol. The lowest BCUT2D eigenvalue weighted by molar-refractivity contribution is -0.384. The third-order valence-corrected chi connectivity index (χ3v) is 17.5. The van der Waals surface area contributed by atoms with E-state index in [1.54, 1.807) is 24.5 Å². The van der Waals surface area contributed by atoms with Gasteiger partial charge in [0, 0.05) is 74.3 Å². The summed E-state index contributed by atoms with van der Waals surface area (Å²) in [6.45, 7) is 6.07. The number of hydrogen-bond acceptors (Lipinski definition) is 15. The van der Waals surface area contributed by atoms with Gasteiger partial charge >= 0.3 is 0 Å². The predicted octanol–water partition coefficient (Wildman–Crippen LogP) is 7.03. The van der Waals surface area contributed by atoms with Crippen LogP contribution in [0, 0.1) is 22.5 Å². The number of sulfone groups is 1. The number of carbonyl (C=O) groups excluding carboxylic acids is 1. The lowest BCUT2D eigenvalue weighted by Gasteiger charge is -2.57. The first-order valence-electron chi connectivity index (χ1n) is 24.4. The number of ether oxygens (including phenoxy) is 4. The van der Waals surface area contributed by atoms with Crippen molar-refractivity contribution < 1.29 is 37.1 Å². The van der Waals surface area contributed by atoms with Crippen LogP contribution in [-0.2, 0) is 25.7 Å². The van der Waals surface area contributed by atoms with Crippen LogP contribution in [0.2, 0.25) is 0 Å². The molecule has 0 unspecified atom stereocenters. The molecule has 4 atom stereocenters. The molecule has 1 amide bonds. The van der Waals surface area contributed by atoms with Gasteiger partial charge in [-0.05, 0) is 92.0 Å². The van der Waals surface area contributed by atoms with Gasteiger partial charge in [0.1, 0.15) is 28.9 Å². The number of rotatable bonds is 10. The Morgan fingerprint density at radius 2 is 1.77 bits per heavy atom. The molecule has 5 aliphatic heterocycles. The van der Waals surface area contributed by atoms with Gasteiger partial charge in [-0.25, -0.2) is 8.42 Å². The van der Waals surface area contributed by atoms with E-state index in [0.717, 1.165) is 49.4 Å². The van der Waals surface area contributed by atoms with Gasteiger partial charge in [0.25, 0.3) is 11.6 Å². The number of fused-ring (bicyclic) bond motifs is 4. The molecule has 6 aliphatic rings. The first kappa shape index (κ1) is 45.3. The number of aromatic nitrogens is 3. The Bertz CT molecular complexity index is 3170. The van der Waals surface area contributed by atoms with Crippen LogP contribution in [0.1, 0.15) is 65.3 Å². The van der Waals surface area contributed by atoms with Gasteiger partial charge in [-0.15, -0.1) is 0 Å². The van der Waals surface area contributed by atoms with Crippen molar-refractivity contribution in [3.05, 3.63) is 124 Å². The van der Waals surface area contributed by atoms with Crippen LogP contribution in [-0.4, -0.2) is 116 Å². The number of primary amides is 1. The zero-order valence-electron chi connectivity index (χ0n) is 39.3. The van der Waals surface area contributed by atoms with Gasteiger partial charge in [-0.3, -0.25) is 24.8 Å². The number of amides is 1. The lowest BCUT2D eigenvalue weighted by Crippen LogP contribution is -2.58. The maximum atomic E-state index is 16.1. The number of benzene rings is 3. The molecule has 3 aromatic carbocycles. The van der Waals surface area contributed by atoms with E-state index in [-0.39, 0.29) is 69.1 Å². The fourth-order valence-corrected chi connectivity index (χ4v) is 13.8. The normalized spacial score (nSPS) is 23.1. The van der Waals surface area contributed by atoms with Gasteiger partial charge in [-0.2, -0.15) is 4.98 Å². The maximum Gasteiger partial charge on any atom is 0.297 e. The van der Waals surface area contributed by atoms with Crippen molar-refractivity contribution in [2.45, 2.75) is 85.5 Å². The average Bonchev–Trinajstić information content (AvgIpc) is 3.83. The number of piperidine rings is 1. The number of anilines is 4. The molecule has 8 heterocycles. The number of nitrogens with two attached hydrogens (primary N) is 1. The highest BCUT2D eigenvalue weighted by Gasteiger charge is 2.51. The van der Waals surface area contributed by atoms with Gasteiger partial charge in [0.15, 0.2) is 11.4 Å². The van der Waals surface area contributed by atoms with E-state index in [4.69, 9.17) is 29.7 Å². The standard InChI is InChI=1S/C52H55N9O9S/c1-31-6-2-3-8-37(31)43-29-68-21-19-59(43)35-26-52(27-35)13-17-58(18-14-52)40-10-9-38(49(53)62)47(60-39-12-20-67-30-45(39)70-51-42(60)22-32-11-16-55-50(32)57-51)48(40)71(65,66)36-24-41(61(63)64)46-44(25-36)69-28-34(56-46)23-33-7-4-5-15-54-33/h2-11,15-16,22,24-25,34-35,39,43,45,56H,12-14,17-21,23,26-30H2,1H3,(H2,53,62)(H,55,57)/t34-,39+,43+,45+/m1/s1. The molecular formula is C52H55N9O9S. The van der Waals surface area contributed by atoms with E-state index in [2.05, 4.69) is 56.3 Å². The first-order valence-corrected chi connectivity index (χ1v) is 25.9. The Kier molecular flexibility index (Phi) is 11.4. The Morgan fingerprint density at radius 3 is 2.56 bits per heavy atom. The number of nitrogens with zero attached hydrogens (tertiary/aromatic N) is 6. The monoisotopic (exact) mass is 981 g/mol. The topological polar surface area (TPSA) is 221 Å². The third-order valence-electron chi connectivity index (χ3n) is 15.7. The van der Waals surface area contributed by atoms with Crippen LogP contribution in [0.15, 0.2) is 101 Å². The molecule has 19 heteroatoms. The number of aromatic amines is 1. The zero-order valence-corrected chi connectivity index (χ0v) is 40.1. The first-order chi connectivity index (χ1) is 34.4. The van der Waals surface area contributed by atoms with Crippen molar-refractivity contribution >= 4 is 55.2 Å². The Morgan fingerprint density at radius 1 is 0.958 bits per heavy atom. The van der Waals surface area contributed by atoms with Crippen LogP contribution in [0.25, 0.3) is 11.0 Å². The van der Waals surface area contributed by atoms with Crippen LogP contribution < -0.4 is 30.3 Å². The molecule has 3 aromatic heterocycles. The minimum atomic E-state index is -4.79. The van der Waals surface area contributed by atoms with Crippen molar-refractivity contribution in [1.29, 1.82) is 0 Å². The van der Waals surface area contributed by atoms with Gasteiger partial charge in [0.05, 0.1) is 64.7 Å². The predicted molar refractivity (Wildman–Crippen MR) is 265 cm³/mol. The maximum absolute atomic E-state index is 16.1. The second-order valence-corrected chi connectivity index (χ2v) is 21.7. The zero-order chi connectivity index (χ0) is 48.6. The summed E-state index contributed by atoms with van der Waals surface area (Å²) in [5.74, 6) is -0.596. The van der Waals surface area contributed by atoms with E-state index in [1.807, 2.05) is 35.2 Å². The molecule has 12 rings (SSSR count). The highest BCUT2D eigenvalue weighted by molar-refractivity contribution is 7.91. The van der Waals surface area contributed by atoms with Crippen molar-refractivity contribution in [2.75, 3.05) is 67.8 Å². The molecule has 71 heavy (non-hydrogen) atoms. The Labute approximate surface area is 410 Å². The number of nitro groups is 1. The van der Waals surface area contributed by atoms with E-state index >= 15 is 8.42 Å². The number of pyridine rings is 2. The number of nitro benzene ring substituents is 1. The minimum absolute atomic E-state index is 0.0221. The number of carbonyl (C=O) groups is 1. The number of morpholine rings is 1. The number of nitrogens with one attached hydrogen (secondary N) is 2. The Balaban J connectivity index is 0.954. The van der Waals surface area contributed by atoms with Crippen LogP contribution >= 0.6 is 0 Å². The summed E-state index contributed by atoms with van der Waals surface area (Å²) in [4.78, 5) is 44.7. The highest BCUT2D eigenvalue weighted by Crippen LogP contribution is 2.55. The van der Waals surface area contributed by atoms with E-state index in [1.165, 1.54) is 17.2 Å². The van der Waals surface area contributed by atoms with Crippen molar-refractivity contribution in [1.82, 2.24) is 19.9 Å². The molecule has 1 saturated carbocycles. The molecule has 6 aromatic rings. The molecule has 1 aliphatic carbocycles. The fraction of sp³-hybridized carbons (Fsp3) is 0.404. The summed E-state index contributed by atoms with van der Waals surface area (Å²) in [5, 5.41) is 17.0. The van der Waals surface area contributed by atoms with Crippen LogP contribution in [0.5, 0.6) is 11.6 Å². The van der Waals surface area contributed by atoms with E-state index in [9.17, 15) is 14.9 Å². The number of hydrogen-bond donors (Lipinski definition) is 3. The van der Waals surface area contributed by atoms with Gasteiger partial charge < -0.3 is 44.8 Å². The largest absolute Gasteiger partial charge is 0.489 e. The minimum Gasteiger partial charge on any atom is -0.489 e. The average molecular weight is 982 g/mol. The highest BCUT2D eigenvalue weighted by atomic mass is 32.2. The van der Waals surface area contributed by atoms with Crippen LogP contribution in [0.4, 0.5) is 28.4 Å². The van der Waals surface area contributed by atoms with Crippen molar-refractivity contribution in [3.63, 3.8) is 0 Å². The second-order valence-electron chi connectivity index (χ2n) is 19.8. The SMILES string of the molecule is Cc1ccccc1[C@@H]1COCCN1C1CC2(CCN(c3ccc(C(N)=O)c(N4c5cc6cc[nH]c6nc5O[C@H]5COCC[C@@H]54)c3S(=O)(=O)c3cc4c(c([N+](=O)[O-])c3)N[C@H](Cc3ccccn3)CO4)CC2)C1. The summed E-state index contributed by atoms with van der Waals surface area (Å²) < 4.78 is 56.9. The molecule has 4 fully saturated rings. The van der Waals surface area contributed by atoms with Gasteiger partial charge in [-0.1, -0.05) is 30.3 Å². The molecule has 3 saturated heterocycles. The quantitative estimate of drug-likeness (QED) is 0.0926. The molecule has 368 valence electrons. The van der Waals surface area contributed by atoms with Gasteiger partial charge in [0.2, 0.25) is 15.7 Å². The van der Waals surface area contributed by atoms with Crippen LogP contribution in [0.3, 0.4) is 0 Å². The smallest absolute Gasteiger partial charge is 0.297 e. The molecule has 4 N–H and O–H groups in total. The van der Waals surface area contributed by atoms with E-state index < -0.39 is 38.5 Å². The van der Waals surface area contributed by atoms with E-state index in [0.29, 0.717) is 68.8 Å². The number of aryl methyl sites for hydroxylation is 1. The summed E-state index contributed by atoms with van der Waals surface area (Å²) in [5.41, 5.74) is 10.7.